The lowest BCUT2D eigenvalue weighted by molar-refractivity contribution is -0.143. The Morgan fingerprint density at radius 2 is 1.60 bits per heavy atom. The Kier molecular flexibility index (Phi) is 11.5. The minimum atomic E-state index is -0.305. The molecule has 0 spiro atoms. The number of methoxy groups -OCH3 is 2. The van der Waals surface area contributed by atoms with E-state index in [1.165, 1.54) is 0 Å². The first-order chi connectivity index (χ1) is 22.6. The molecule has 10 nitrogen and oxygen atoms in total. The number of nitrogens with zero attached hydrogens (tertiary/aromatic N) is 5. The number of carbonyl (C=O) groups excluding carboxylic acids is 2. The summed E-state index contributed by atoms with van der Waals surface area (Å²) >= 11 is 0. The van der Waals surface area contributed by atoms with E-state index in [2.05, 4.69) is 24.8 Å². The maximum atomic E-state index is 13.9. The van der Waals surface area contributed by atoms with Gasteiger partial charge in [0.25, 0.3) is 11.5 Å². The molecular formula is C38H53N5O5. The summed E-state index contributed by atoms with van der Waals surface area (Å²) in [7, 11) is 5.06. The maximum absolute atomic E-state index is 13.9. The van der Waals surface area contributed by atoms with Gasteiger partial charge in [0.1, 0.15) is 23.1 Å². The van der Waals surface area contributed by atoms with E-state index >= 15 is 0 Å². The Balaban J connectivity index is 1.48. The molecule has 1 aromatic carbocycles. The topological polar surface area (TPSA) is 108 Å². The second-order valence-corrected chi connectivity index (χ2v) is 14.9. The highest BCUT2D eigenvalue weighted by Crippen LogP contribution is 2.37. The molecule has 10 heteroatoms. The number of pyridine rings is 1. The molecule has 2 unspecified atom stereocenters. The van der Waals surface area contributed by atoms with Gasteiger partial charge in [0, 0.05) is 70.2 Å². The summed E-state index contributed by atoms with van der Waals surface area (Å²) in [5, 5.41) is 9.77. The number of piperidine rings is 1. The van der Waals surface area contributed by atoms with Crippen molar-refractivity contribution in [3.05, 3.63) is 57.0 Å². The molecule has 260 valence electrons. The van der Waals surface area contributed by atoms with Crippen LogP contribution in [0.3, 0.4) is 0 Å². The molecule has 0 radical (unpaired) electrons. The normalized spacial score (nSPS) is 19.3. The molecule has 2 fully saturated rings. The zero-order valence-corrected chi connectivity index (χ0v) is 30.5. The van der Waals surface area contributed by atoms with E-state index in [4.69, 9.17) is 9.47 Å². The van der Waals surface area contributed by atoms with Gasteiger partial charge < -0.3 is 23.8 Å². The second kappa shape index (κ2) is 15.0. The number of hydrogen-bond donors (Lipinski definition) is 0. The van der Waals surface area contributed by atoms with Crippen LogP contribution in [0.15, 0.2) is 34.8 Å². The number of likely N-dealkylation sites (tertiary alicyclic amines) is 1. The fourth-order valence-corrected chi connectivity index (χ4v) is 6.88. The molecule has 2 aliphatic rings. The molecule has 0 N–H and O–H groups in total. The Hall–Kier alpha value is -4.10. The van der Waals surface area contributed by atoms with Crippen molar-refractivity contribution in [2.75, 3.05) is 53.5 Å². The number of hydrogen-bond acceptors (Lipinski definition) is 7. The summed E-state index contributed by atoms with van der Waals surface area (Å²) in [4.78, 5) is 45.8. The second-order valence-electron chi connectivity index (χ2n) is 14.9. The van der Waals surface area contributed by atoms with Crippen molar-refractivity contribution in [3.63, 3.8) is 0 Å². The van der Waals surface area contributed by atoms with Gasteiger partial charge in [-0.25, -0.2) is 0 Å². The highest BCUT2D eigenvalue weighted by molar-refractivity contribution is 5.97. The SMILES string of the molecule is COc1cc(-c2cn(C)c(=O)c(C)c2C)cc(OC)c1CN1CCN(C(=O)C2CC(C(C)C)CN(C(=O)/C(C#N)=C/C(C)(C)C)C2)CC1. The quantitative estimate of drug-likeness (QED) is 0.292. The number of nitriles is 1. The molecule has 48 heavy (non-hydrogen) atoms. The number of allylic oxidation sites excluding steroid dienone is 1. The number of aromatic nitrogens is 1. The molecule has 2 amide bonds. The van der Waals surface area contributed by atoms with Crippen LogP contribution < -0.4 is 15.0 Å². The fraction of sp³-hybridized carbons (Fsp3) is 0.579. The zero-order valence-electron chi connectivity index (χ0n) is 30.5. The van der Waals surface area contributed by atoms with Gasteiger partial charge in [-0.1, -0.05) is 40.7 Å². The average molecular weight is 660 g/mol. The van der Waals surface area contributed by atoms with Gasteiger partial charge in [-0.15, -0.1) is 0 Å². The van der Waals surface area contributed by atoms with Crippen LogP contribution in [-0.2, 0) is 23.2 Å². The minimum Gasteiger partial charge on any atom is -0.496 e. The third-order valence-electron chi connectivity index (χ3n) is 9.91. The molecule has 2 saturated heterocycles. The van der Waals surface area contributed by atoms with E-state index in [9.17, 15) is 19.6 Å². The predicted molar refractivity (Wildman–Crippen MR) is 188 cm³/mol. The summed E-state index contributed by atoms with van der Waals surface area (Å²) in [6, 6.07) is 6.11. The average Bonchev–Trinajstić information content (AvgIpc) is 3.06. The Morgan fingerprint density at radius 1 is 1.00 bits per heavy atom. The standard InChI is InChI=1S/C38H53N5O5/c1-24(2)28-15-29(21-43(20-28)37(46)30(19-39)18-38(5,6)7)36(45)42-13-11-41(12-14-42)23-32-33(47-9)16-27(17-34(32)48-10)31-22-40(8)35(44)26(4)25(31)3/h16-18,22,24,28-29H,11-15,20-21,23H2,1-10H3/b30-18+. The van der Waals surface area contributed by atoms with Crippen LogP contribution in [0.2, 0.25) is 0 Å². The van der Waals surface area contributed by atoms with E-state index < -0.39 is 0 Å². The lowest BCUT2D eigenvalue weighted by atomic mass is 9.81. The van der Waals surface area contributed by atoms with Gasteiger partial charge in [0.2, 0.25) is 5.91 Å². The highest BCUT2D eigenvalue weighted by atomic mass is 16.5. The van der Waals surface area contributed by atoms with Crippen molar-refractivity contribution in [1.82, 2.24) is 19.3 Å². The Morgan fingerprint density at radius 3 is 2.12 bits per heavy atom. The monoisotopic (exact) mass is 659 g/mol. The van der Waals surface area contributed by atoms with E-state index in [1.54, 1.807) is 36.8 Å². The Bertz CT molecular complexity index is 1630. The molecule has 0 saturated carbocycles. The third kappa shape index (κ3) is 8.12. The predicted octanol–water partition coefficient (Wildman–Crippen LogP) is 4.95. The van der Waals surface area contributed by atoms with Crippen LogP contribution >= 0.6 is 0 Å². The first kappa shape index (κ1) is 36.7. The minimum absolute atomic E-state index is 0.0140. The van der Waals surface area contributed by atoms with Gasteiger partial charge in [-0.2, -0.15) is 5.26 Å². The van der Waals surface area contributed by atoms with Crippen LogP contribution in [0.25, 0.3) is 11.1 Å². The highest BCUT2D eigenvalue weighted by Gasteiger charge is 2.38. The summed E-state index contributed by atoms with van der Waals surface area (Å²) < 4.78 is 13.3. The van der Waals surface area contributed by atoms with Gasteiger partial charge in [0.15, 0.2) is 0 Å². The number of amides is 2. The molecule has 4 rings (SSSR count). The van der Waals surface area contributed by atoms with Crippen molar-refractivity contribution < 1.29 is 19.1 Å². The number of carbonyl (C=O) groups is 2. The van der Waals surface area contributed by atoms with Gasteiger partial charge >= 0.3 is 0 Å². The lowest BCUT2D eigenvalue weighted by Gasteiger charge is -2.42. The van der Waals surface area contributed by atoms with E-state index in [0.717, 1.165) is 28.7 Å². The largest absolute Gasteiger partial charge is 0.496 e. The number of rotatable bonds is 8. The smallest absolute Gasteiger partial charge is 0.264 e. The van der Waals surface area contributed by atoms with Crippen molar-refractivity contribution >= 4 is 11.8 Å². The number of piperazine rings is 1. The van der Waals surface area contributed by atoms with Crippen LogP contribution in [-0.4, -0.2) is 84.6 Å². The van der Waals surface area contributed by atoms with Gasteiger partial charge in [-0.3, -0.25) is 19.3 Å². The first-order valence-corrected chi connectivity index (χ1v) is 16.9. The number of aryl methyl sites for hydroxylation is 1. The van der Waals surface area contributed by atoms with Crippen LogP contribution in [0.1, 0.15) is 57.7 Å². The molecular weight excluding hydrogens is 606 g/mol. The van der Waals surface area contributed by atoms with Crippen molar-refractivity contribution in [1.29, 1.82) is 5.26 Å². The molecule has 2 atom stereocenters. The van der Waals surface area contributed by atoms with E-state index in [-0.39, 0.29) is 40.2 Å². The number of ether oxygens (including phenoxy) is 2. The van der Waals surface area contributed by atoms with Gasteiger partial charge in [-0.05, 0) is 60.8 Å². The van der Waals surface area contributed by atoms with Crippen LogP contribution in [0.5, 0.6) is 11.5 Å². The van der Waals surface area contributed by atoms with Gasteiger partial charge in [0.05, 0.1) is 25.7 Å². The van der Waals surface area contributed by atoms with Crippen LogP contribution in [0.4, 0.5) is 0 Å². The van der Waals surface area contributed by atoms with Crippen molar-refractivity contribution in [3.8, 4) is 28.7 Å². The Labute approximate surface area is 285 Å². The molecule has 3 heterocycles. The fourth-order valence-electron chi connectivity index (χ4n) is 6.88. The molecule has 1 aromatic heterocycles. The molecule has 2 aromatic rings. The summed E-state index contributed by atoms with van der Waals surface area (Å²) in [5.74, 6) is 1.41. The maximum Gasteiger partial charge on any atom is 0.264 e. The first-order valence-electron chi connectivity index (χ1n) is 16.9. The summed E-state index contributed by atoms with van der Waals surface area (Å²) in [5.41, 5.74) is 4.25. The van der Waals surface area contributed by atoms with Crippen molar-refractivity contribution in [2.45, 2.75) is 61.4 Å². The van der Waals surface area contributed by atoms with E-state index in [1.807, 2.05) is 57.8 Å². The van der Waals surface area contributed by atoms with E-state index in [0.29, 0.717) is 68.8 Å². The van der Waals surface area contributed by atoms with Crippen LogP contribution in [0, 0.1) is 48.3 Å². The summed E-state index contributed by atoms with van der Waals surface area (Å²) in [6.45, 7) is 18.0. The molecule has 2 aliphatic heterocycles. The molecule has 0 aliphatic carbocycles. The molecule has 0 bridgehead atoms. The third-order valence-corrected chi connectivity index (χ3v) is 9.91. The number of benzene rings is 1. The lowest BCUT2D eigenvalue weighted by Crippen LogP contribution is -2.54. The van der Waals surface area contributed by atoms with Crippen molar-refractivity contribution in [2.24, 2.45) is 30.2 Å². The zero-order chi connectivity index (χ0) is 35.5. The summed E-state index contributed by atoms with van der Waals surface area (Å²) in [6.07, 6.45) is 4.32.